The lowest BCUT2D eigenvalue weighted by Crippen LogP contribution is -2.08. The van der Waals surface area contributed by atoms with E-state index < -0.39 is 17.5 Å². The number of nitrogens with one attached hydrogen (secondary N) is 1. The maximum Gasteiger partial charge on any atom is 0.248 e. The molecular formula is C19H19F2NO. The molecule has 0 aliphatic rings. The first-order valence-electron chi connectivity index (χ1n) is 7.47. The van der Waals surface area contributed by atoms with E-state index in [4.69, 9.17) is 0 Å². The Morgan fingerprint density at radius 1 is 1.09 bits per heavy atom. The fourth-order valence-corrected chi connectivity index (χ4v) is 2.17. The van der Waals surface area contributed by atoms with E-state index in [1.54, 1.807) is 6.08 Å². The van der Waals surface area contributed by atoms with Gasteiger partial charge in [-0.15, -0.1) is 0 Å². The predicted molar refractivity (Wildman–Crippen MR) is 89.0 cm³/mol. The van der Waals surface area contributed by atoms with Gasteiger partial charge in [-0.2, -0.15) is 0 Å². The minimum atomic E-state index is -0.993. The molecule has 0 atom stereocenters. The minimum Gasteiger partial charge on any atom is -0.322 e. The summed E-state index contributed by atoms with van der Waals surface area (Å²) >= 11 is 0. The van der Waals surface area contributed by atoms with E-state index in [9.17, 15) is 13.6 Å². The second-order valence-electron chi connectivity index (χ2n) is 5.79. The minimum absolute atomic E-state index is 0.214. The van der Waals surface area contributed by atoms with Crippen molar-refractivity contribution in [2.75, 3.05) is 5.32 Å². The van der Waals surface area contributed by atoms with Crippen LogP contribution in [-0.4, -0.2) is 5.91 Å². The lowest BCUT2D eigenvalue weighted by molar-refractivity contribution is -0.111. The standard InChI is InChI=1S/C19H19F2NO/c1-13(2)11-15-5-3-14(4-6-15)7-10-19(23)22-16-8-9-17(20)18(21)12-16/h3-10,12-13H,11H2,1-2H3,(H,22,23). The Labute approximate surface area is 134 Å². The van der Waals surface area contributed by atoms with Gasteiger partial charge in [0.2, 0.25) is 5.91 Å². The molecule has 4 heteroatoms. The Kier molecular flexibility index (Phi) is 5.63. The molecule has 0 unspecified atom stereocenters. The molecule has 2 rings (SSSR count). The molecule has 0 radical (unpaired) electrons. The van der Waals surface area contributed by atoms with Crippen molar-refractivity contribution in [3.8, 4) is 0 Å². The Morgan fingerprint density at radius 2 is 1.78 bits per heavy atom. The van der Waals surface area contributed by atoms with Crippen molar-refractivity contribution in [1.29, 1.82) is 0 Å². The van der Waals surface area contributed by atoms with E-state index in [0.717, 1.165) is 24.1 Å². The highest BCUT2D eigenvalue weighted by Crippen LogP contribution is 2.14. The monoisotopic (exact) mass is 315 g/mol. The van der Waals surface area contributed by atoms with Gasteiger partial charge in [0.25, 0.3) is 0 Å². The average Bonchev–Trinajstić information content (AvgIpc) is 2.50. The third kappa shape index (κ3) is 5.33. The second-order valence-corrected chi connectivity index (χ2v) is 5.79. The van der Waals surface area contributed by atoms with Crippen LogP contribution in [0.1, 0.15) is 25.0 Å². The molecule has 0 aliphatic heterocycles. The molecule has 0 saturated heterocycles. The molecule has 23 heavy (non-hydrogen) atoms. The zero-order valence-electron chi connectivity index (χ0n) is 13.1. The van der Waals surface area contributed by atoms with Crippen LogP contribution in [0.15, 0.2) is 48.5 Å². The molecule has 0 heterocycles. The molecule has 2 nitrogen and oxygen atoms in total. The van der Waals surface area contributed by atoms with Gasteiger partial charge in [0.1, 0.15) is 0 Å². The first-order chi connectivity index (χ1) is 10.9. The second kappa shape index (κ2) is 7.68. The van der Waals surface area contributed by atoms with Gasteiger partial charge in [-0.3, -0.25) is 4.79 Å². The molecule has 0 fully saturated rings. The third-order valence-electron chi connectivity index (χ3n) is 3.24. The number of benzene rings is 2. The summed E-state index contributed by atoms with van der Waals surface area (Å²) < 4.78 is 25.9. The zero-order chi connectivity index (χ0) is 16.8. The number of rotatable bonds is 5. The van der Waals surface area contributed by atoms with Gasteiger partial charge < -0.3 is 5.32 Å². The lowest BCUT2D eigenvalue weighted by Gasteiger charge is -2.05. The summed E-state index contributed by atoms with van der Waals surface area (Å²) in [4.78, 5) is 11.8. The molecular weight excluding hydrogens is 296 g/mol. The van der Waals surface area contributed by atoms with Gasteiger partial charge >= 0.3 is 0 Å². The molecule has 1 amide bonds. The number of hydrogen-bond donors (Lipinski definition) is 1. The lowest BCUT2D eigenvalue weighted by atomic mass is 10.0. The predicted octanol–water partition coefficient (Wildman–Crippen LogP) is 4.82. The largest absolute Gasteiger partial charge is 0.322 e. The van der Waals surface area contributed by atoms with Crippen LogP contribution >= 0.6 is 0 Å². The average molecular weight is 315 g/mol. The van der Waals surface area contributed by atoms with Gasteiger partial charge in [-0.25, -0.2) is 8.78 Å². The quantitative estimate of drug-likeness (QED) is 0.788. The van der Waals surface area contributed by atoms with Crippen molar-refractivity contribution in [3.63, 3.8) is 0 Å². The van der Waals surface area contributed by atoms with Crippen LogP contribution in [0.5, 0.6) is 0 Å². The SMILES string of the molecule is CC(C)Cc1ccc(C=CC(=O)Nc2ccc(F)c(F)c2)cc1. The number of carbonyl (C=O) groups excluding carboxylic acids is 1. The highest BCUT2D eigenvalue weighted by molar-refractivity contribution is 6.01. The van der Waals surface area contributed by atoms with Crippen LogP contribution in [0.2, 0.25) is 0 Å². The fraction of sp³-hybridized carbons (Fsp3) is 0.211. The van der Waals surface area contributed by atoms with E-state index >= 15 is 0 Å². The van der Waals surface area contributed by atoms with Crippen molar-refractivity contribution in [1.82, 2.24) is 0 Å². The number of anilines is 1. The molecule has 0 bridgehead atoms. The highest BCUT2D eigenvalue weighted by Gasteiger charge is 2.04. The summed E-state index contributed by atoms with van der Waals surface area (Å²) in [7, 11) is 0. The molecule has 2 aromatic rings. The molecule has 2 aromatic carbocycles. The number of amides is 1. The van der Waals surface area contributed by atoms with Crippen LogP contribution in [0, 0.1) is 17.6 Å². The summed E-state index contributed by atoms with van der Waals surface area (Å²) in [6.07, 6.45) is 4.05. The molecule has 0 aliphatic carbocycles. The topological polar surface area (TPSA) is 29.1 Å². The van der Waals surface area contributed by atoms with Gasteiger partial charge in [0.05, 0.1) is 0 Å². The van der Waals surface area contributed by atoms with Crippen molar-refractivity contribution in [2.24, 2.45) is 5.92 Å². The summed E-state index contributed by atoms with van der Waals surface area (Å²) in [6, 6.07) is 11.2. The zero-order valence-corrected chi connectivity index (χ0v) is 13.1. The maximum atomic E-state index is 13.1. The Balaban J connectivity index is 1.96. The summed E-state index contributed by atoms with van der Waals surface area (Å²) in [5.41, 5.74) is 2.37. The third-order valence-corrected chi connectivity index (χ3v) is 3.24. The van der Waals surface area contributed by atoms with Crippen LogP contribution in [0.3, 0.4) is 0 Å². The Bertz CT molecular complexity index is 706. The van der Waals surface area contributed by atoms with Crippen LogP contribution in [0.4, 0.5) is 14.5 Å². The molecule has 1 N–H and O–H groups in total. The van der Waals surface area contributed by atoms with Crippen molar-refractivity contribution >= 4 is 17.7 Å². The molecule has 0 aromatic heterocycles. The summed E-state index contributed by atoms with van der Waals surface area (Å²) in [5, 5.41) is 2.49. The van der Waals surface area contributed by atoms with Gasteiger partial charge in [0.15, 0.2) is 11.6 Å². The first-order valence-corrected chi connectivity index (χ1v) is 7.47. The van der Waals surface area contributed by atoms with Crippen LogP contribution in [-0.2, 0) is 11.2 Å². The van der Waals surface area contributed by atoms with E-state index in [0.29, 0.717) is 5.92 Å². The first kappa shape index (κ1) is 16.9. The van der Waals surface area contributed by atoms with E-state index in [1.165, 1.54) is 17.7 Å². The molecule has 120 valence electrons. The van der Waals surface area contributed by atoms with Gasteiger partial charge in [-0.05, 0) is 41.7 Å². The van der Waals surface area contributed by atoms with Crippen LogP contribution in [0.25, 0.3) is 6.08 Å². The summed E-state index contributed by atoms with van der Waals surface area (Å²) in [5.74, 6) is -1.74. The number of carbonyl (C=O) groups is 1. The fourth-order valence-electron chi connectivity index (χ4n) is 2.17. The van der Waals surface area contributed by atoms with Gasteiger partial charge in [0, 0.05) is 17.8 Å². The molecule has 0 saturated carbocycles. The van der Waals surface area contributed by atoms with Crippen molar-refractivity contribution < 1.29 is 13.6 Å². The smallest absolute Gasteiger partial charge is 0.248 e. The molecule has 0 spiro atoms. The van der Waals surface area contributed by atoms with E-state index in [2.05, 4.69) is 19.2 Å². The normalized spacial score (nSPS) is 11.2. The maximum absolute atomic E-state index is 13.1. The Hall–Kier alpha value is -2.49. The van der Waals surface area contributed by atoms with Crippen molar-refractivity contribution in [2.45, 2.75) is 20.3 Å². The highest BCUT2D eigenvalue weighted by atomic mass is 19.2. The van der Waals surface area contributed by atoms with E-state index in [1.807, 2.05) is 24.3 Å². The van der Waals surface area contributed by atoms with Crippen LogP contribution < -0.4 is 5.32 Å². The van der Waals surface area contributed by atoms with Crippen molar-refractivity contribution in [3.05, 3.63) is 71.3 Å². The number of hydrogen-bond acceptors (Lipinski definition) is 1. The number of halogens is 2. The summed E-state index contributed by atoms with van der Waals surface area (Å²) in [6.45, 7) is 4.33. The Morgan fingerprint density at radius 3 is 2.39 bits per heavy atom. The van der Waals surface area contributed by atoms with Gasteiger partial charge in [-0.1, -0.05) is 38.1 Å². The van der Waals surface area contributed by atoms with E-state index in [-0.39, 0.29) is 5.69 Å².